The number of carbonyl (C=O) groups is 1. The van der Waals surface area contributed by atoms with Crippen molar-refractivity contribution in [2.75, 3.05) is 5.32 Å². The van der Waals surface area contributed by atoms with Crippen LogP contribution in [0.5, 0.6) is 5.75 Å². The molecule has 1 atom stereocenters. The predicted molar refractivity (Wildman–Crippen MR) is 81.6 cm³/mol. The zero-order chi connectivity index (χ0) is 15.4. The molecule has 110 valence electrons. The van der Waals surface area contributed by atoms with Gasteiger partial charge in [0.05, 0.1) is 15.7 Å². The fourth-order valence-electron chi connectivity index (χ4n) is 1.62. The van der Waals surface area contributed by atoms with Gasteiger partial charge in [0.1, 0.15) is 0 Å². The molecule has 0 aromatic heterocycles. The van der Waals surface area contributed by atoms with Crippen LogP contribution in [-0.2, 0) is 4.79 Å². The van der Waals surface area contributed by atoms with E-state index >= 15 is 0 Å². The van der Waals surface area contributed by atoms with E-state index in [0.29, 0.717) is 10.7 Å². The van der Waals surface area contributed by atoms with Gasteiger partial charge in [-0.1, -0.05) is 41.4 Å². The first kappa shape index (κ1) is 15.6. The quantitative estimate of drug-likeness (QED) is 0.895. The highest BCUT2D eigenvalue weighted by Crippen LogP contribution is 2.29. The maximum absolute atomic E-state index is 13.5. The van der Waals surface area contributed by atoms with Crippen molar-refractivity contribution in [1.29, 1.82) is 0 Å². The van der Waals surface area contributed by atoms with Crippen molar-refractivity contribution >= 4 is 34.8 Å². The Balaban J connectivity index is 2.06. The third-order valence-electron chi connectivity index (χ3n) is 2.72. The van der Waals surface area contributed by atoms with Crippen molar-refractivity contribution in [2.24, 2.45) is 0 Å². The highest BCUT2D eigenvalue weighted by Gasteiger charge is 2.18. The van der Waals surface area contributed by atoms with Crippen LogP contribution in [0, 0.1) is 5.82 Å². The molecule has 0 heterocycles. The normalized spacial score (nSPS) is 11.8. The molecule has 0 bridgehead atoms. The third kappa shape index (κ3) is 3.86. The van der Waals surface area contributed by atoms with E-state index in [4.69, 9.17) is 27.9 Å². The maximum atomic E-state index is 13.5. The Kier molecular flexibility index (Phi) is 5.04. The second-order valence-corrected chi connectivity index (χ2v) is 5.07. The molecule has 0 radical (unpaired) electrons. The van der Waals surface area contributed by atoms with Crippen molar-refractivity contribution in [2.45, 2.75) is 13.0 Å². The molecule has 2 aromatic carbocycles. The van der Waals surface area contributed by atoms with Gasteiger partial charge in [-0.05, 0) is 31.2 Å². The van der Waals surface area contributed by atoms with E-state index in [-0.39, 0.29) is 10.8 Å². The average molecular weight is 328 g/mol. The lowest BCUT2D eigenvalue weighted by molar-refractivity contribution is -0.122. The van der Waals surface area contributed by atoms with Gasteiger partial charge >= 0.3 is 0 Å². The summed E-state index contributed by atoms with van der Waals surface area (Å²) in [5, 5.41) is 3.16. The van der Waals surface area contributed by atoms with Crippen molar-refractivity contribution in [3.63, 3.8) is 0 Å². The lowest BCUT2D eigenvalue weighted by atomic mass is 10.3. The Morgan fingerprint density at radius 1 is 1.19 bits per heavy atom. The zero-order valence-electron chi connectivity index (χ0n) is 11.1. The van der Waals surface area contributed by atoms with Crippen LogP contribution in [0.4, 0.5) is 10.1 Å². The summed E-state index contributed by atoms with van der Waals surface area (Å²) in [6.45, 7) is 1.51. The number of para-hydroxylation sites is 1. The molecular formula is C15H12Cl2FNO2. The number of ether oxygens (including phenoxy) is 1. The highest BCUT2D eigenvalue weighted by molar-refractivity contribution is 6.44. The first-order valence-electron chi connectivity index (χ1n) is 6.15. The lowest BCUT2D eigenvalue weighted by Gasteiger charge is -2.16. The number of hydrogen-bond acceptors (Lipinski definition) is 2. The summed E-state index contributed by atoms with van der Waals surface area (Å²) >= 11 is 11.8. The SMILES string of the molecule is CC(Oc1ccccc1F)C(=O)Nc1cccc(Cl)c1Cl. The van der Waals surface area contributed by atoms with Gasteiger partial charge in [-0.25, -0.2) is 4.39 Å². The largest absolute Gasteiger partial charge is 0.478 e. The molecule has 1 amide bonds. The molecule has 21 heavy (non-hydrogen) atoms. The van der Waals surface area contributed by atoms with Crippen LogP contribution in [0.2, 0.25) is 10.0 Å². The second kappa shape index (κ2) is 6.78. The molecule has 3 nitrogen and oxygen atoms in total. The van der Waals surface area contributed by atoms with E-state index in [0.717, 1.165) is 0 Å². The Morgan fingerprint density at radius 2 is 1.90 bits per heavy atom. The summed E-state index contributed by atoms with van der Waals surface area (Å²) in [6, 6.07) is 10.8. The topological polar surface area (TPSA) is 38.3 Å². The van der Waals surface area contributed by atoms with E-state index in [9.17, 15) is 9.18 Å². The molecular weight excluding hydrogens is 316 g/mol. The summed E-state index contributed by atoms with van der Waals surface area (Å²) in [7, 11) is 0. The van der Waals surface area contributed by atoms with Crippen LogP contribution in [-0.4, -0.2) is 12.0 Å². The standard InChI is InChI=1S/C15H12Cl2FNO2/c1-9(21-13-8-3-2-6-11(13)18)15(20)19-12-7-4-5-10(16)14(12)17/h2-9H,1H3,(H,19,20). The number of anilines is 1. The van der Waals surface area contributed by atoms with Gasteiger partial charge in [-0.2, -0.15) is 0 Å². The van der Waals surface area contributed by atoms with Crippen LogP contribution < -0.4 is 10.1 Å². The first-order valence-corrected chi connectivity index (χ1v) is 6.90. The van der Waals surface area contributed by atoms with Crippen LogP contribution in [0.3, 0.4) is 0 Å². The number of benzene rings is 2. The second-order valence-electron chi connectivity index (χ2n) is 4.28. The lowest BCUT2D eigenvalue weighted by Crippen LogP contribution is -2.30. The van der Waals surface area contributed by atoms with Crippen molar-refractivity contribution < 1.29 is 13.9 Å². The van der Waals surface area contributed by atoms with Gasteiger partial charge in [0, 0.05) is 0 Å². The molecule has 0 aliphatic heterocycles. The molecule has 1 N–H and O–H groups in total. The molecule has 2 aromatic rings. The van der Waals surface area contributed by atoms with E-state index in [1.807, 2.05) is 0 Å². The van der Waals surface area contributed by atoms with Crippen molar-refractivity contribution in [3.05, 3.63) is 58.3 Å². The molecule has 1 unspecified atom stereocenters. The van der Waals surface area contributed by atoms with Gasteiger partial charge < -0.3 is 10.1 Å². The minimum atomic E-state index is -0.892. The van der Waals surface area contributed by atoms with E-state index in [2.05, 4.69) is 5.32 Å². The zero-order valence-corrected chi connectivity index (χ0v) is 12.6. The molecule has 6 heteroatoms. The number of hydrogen-bond donors (Lipinski definition) is 1. The molecule has 0 aliphatic carbocycles. The number of halogens is 3. The van der Waals surface area contributed by atoms with Gasteiger partial charge in [0.25, 0.3) is 5.91 Å². The molecule has 0 saturated heterocycles. The molecule has 0 aliphatic rings. The maximum Gasteiger partial charge on any atom is 0.265 e. The summed E-state index contributed by atoms with van der Waals surface area (Å²) in [4.78, 5) is 12.0. The third-order valence-corrected chi connectivity index (χ3v) is 3.54. The van der Waals surface area contributed by atoms with Crippen molar-refractivity contribution in [1.82, 2.24) is 0 Å². The van der Waals surface area contributed by atoms with E-state index in [1.165, 1.54) is 19.1 Å². The van der Waals surface area contributed by atoms with Crippen LogP contribution in [0.15, 0.2) is 42.5 Å². The van der Waals surface area contributed by atoms with E-state index < -0.39 is 17.8 Å². The van der Waals surface area contributed by atoms with Gasteiger partial charge in [0.15, 0.2) is 17.7 Å². The van der Waals surface area contributed by atoms with Crippen LogP contribution >= 0.6 is 23.2 Å². The van der Waals surface area contributed by atoms with E-state index in [1.54, 1.807) is 30.3 Å². The summed E-state index contributed by atoms with van der Waals surface area (Å²) in [5.74, 6) is -0.974. The number of nitrogens with one attached hydrogen (secondary N) is 1. The fourth-order valence-corrected chi connectivity index (χ4v) is 1.97. The fraction of sp³-hybridized carbons (Fsp3) is 0.133. The van der Waals surface area contributed by atoms with Crippen LogP contribution in [0.25, 0.3) is 0 Å². The molecule has 0 fully saturated rings. The molecule has 2 rings (SSSR count). The number of rotatable bonds is 4. The van der Waals surface area contributed by atoms with Gasteiger partial charge in [0.2, 0.25) is 0 Å². The molecule has 0 spiro atoms. The smallest absolute Gasteiger partial charge is 0.265 e. The Morgan fingerprint density at radius 3 is 2.62 bits per heavy atom. The monoisotopic (exact) mass is 327 g/mol. The highest BCUT2D eigenvalue weighted by atomic mass is 35.5. The summed E-state index contributed by atoms with van der Waals surface area (Å²) < 4.78 is 18.7. The molecule has 0 saturated carbocycles. The summed E-state index contributed by atoms with van der Waals surface area (Å²) in [5.41, 5.74) is 0.373. The summed E-state index contributed by atoms with van der Waals surface area (Å²) in [6.07, 6.45) is -0.892. The van der Waals surface area contributed by atoms with Gasteiger partial charge in [-0.3, -0.25) is 4.79 Å². The minimum absolute atomic E-state index is 0.0114. The van der Waals surface area contributed by atoms with Gasteiger partial charge in [-0.15, -0.1) is 0 Å². The van der Waals surface area contributed by atoms with Crippen molar-refractivity contribution in [3.8, 4) is 5.75 Å². The number of amides is 1. The van der Waals surface area contributed by atoms with Crippen LogP contribution in [0.1, 0.15) is 6.92 Å². The Labute approximate surface area is 131 Å². The predicted octanol–water partition coefficient (Wildman–Crippen LogP) is 4.54. The number of carbonyl (C=O) groups excluding carboxylic acids is 1. The average Bonchev–Trinajstić information content (AvgIpc) is 2.46. The minimum Gasteiger partial charge on any atom is -0.478 e. The Hall–Kier alpha value is -1.78. The first-order chi connectivity index (χ1) is 9.99. The Bertz CT molecular complexity index is 664.